The number of rotatable bonds is 4. The first kappa shape index (κ1) is 14.4. The first-order valence-corrected chi connectivity index (χ1v) is 7.21. The Morgan fingerprint density at radius 1 is 1.18 bits per heavy atom. The summed E-state index contributed by atoms with van der Waals surface area (Å²) >= 11 is 0. The van der Waals surface area contributed by atoms with Gasteiger partial charge >= 0.3 is 0 Å². The predicted octanol–water partition coefficient (Wildman–Crippen LogP) is 2.34. The first-order valence-electron chi connectivity index (χ1n) is 7.21. The van der Waals surface area contributed by atoms with E-state index in [0.29, 0.717) is 18.7 Å². The summed E-state index contributed by atoms with van der Waals surface area (Å²) in [6, 6.07) is 14.1. The second-order valence-electron chi connectivity index (χ2n) is 5.11. The van der Waals surface area contributed by atoms with Gasteiger partial charge in [-0.2, -0.15) is 0 Å². The van der Waals surface area contributed by atoms with Crippen LogP contribution in [0.5, 0.6) is 5.75 Å². The van der Waals surface area contributed by atoms with Gasteiger partial charge in [-0.25, -0.2) is 4.39 Å². The van der Waals surface area contributed by atoms with Crippen LogP contribution in [-0.4, -0.2) is 25.6 Å². The lowest BCUT2D eigenvalue weighted by atomic mass is 10.2. The molecule has 4 nitrogen and oxygen atoms in total. The van der Waals surface area contributed by atoms with Crippen LogP contribution in [0.3, 0.4) is 0 Å². The minimum atomic E-state index is -0.306. The van der Waals surface area contributed by atoms with Gasteiger partial charge in [-0.1, -0.05) is 30.3 Å². The van der Waals surface area contributed by atoms with Gasteiger partial charge in [0.2, 0.25) is 5.91 Å². The van der Waals surface area contributed by atoms with Crippen molar-refractivity contribution in [2.75, 3.05) is 24.6 Å². The minimum Gasteiger partial charge on any atom is -0.490 e. The van der Waals surface area contributed by atoms with Crippen molar-refractivity contribution in [1.82, 2.24) is 5.32 Å². The maximum absolute atomic E-state index is 13.5. The summed E-state index contributed by atoms with van der Waals surface area (Å²) in [5.41, 5.74) is 1.40. The van der Waals surface area contributed by atoms with Crippen molar-refractivity contribution in [2.24, 2.45) is 0 Å². The molecule has 0 radical (unpaired) electrons. The third-order valence-corrected chi connectivity index (χ3v) is 3.59. The van der Waals surface area contributed by atoms with Gasteiger partial charge in [0.25, 0.3) is 0 Å². The van der Waals surface area contributed by atoms with E-state index in [-0.39, 0.29) is 24.8 Å². The molecule has 0 saturated heterocycles. The average molecular weight is 300 g/mol. The largest absolute Gasteiger partial charge is 0.490 e. The van der Waals surface area contributed by atoms with Crippen molar-refractivity contribution in [3.63, 3.8) is 0 Å². The normalized spacial score (nSPS) is 13.2. The molecular formula is C17H17FN2O2. The second-order valence-corrected chi connectivity index (χ2v) is 5.11. The fourth-order valence-electron chi connectivity index (χ4n) is 2.46. The Bertz CT molecular complexity index is 675. The highest BCUT2D eigenvalue weighted by atomic mass is 19.1. The molecule has 0 aliphatic carbocycles. The van der Waals surface area contributed by atoms with Crippen molar-refractivity contribution in [2.45, 2.75) is 6.54 Å². The molecule has 0 aromatic heterocycles. The Labute approximate surface area is 128 Å². The lowest BCUT2D eigenvalue weighted by molar-refractivity contribution is -0.120. The molecule has 1 aliphatic rings. The molecule has 1 aliphatic heterocycles. The SMILES string of the molecule is O=C(CN1CCOc2ccccc21)NCc1ccccc1F. The number of fused-ring (bicyclic) bond motifs is 1. The van der Waals surface area contributed by atoms with Crippen molar-refractivity contribution < 1.29 is 13.9 Å². The Balaban J connectivity index is 1.60. The molecule has 2 aromatic carbocycles. The number of anilines is 1. The first-order chi connectivity index (χ1) is 10.7. The van der Waals surface area contributed by atoms with Crippen LogP contribution in [0.2, 0.25) is 0 Å². The lowest BCUT2D eigenvalue weighted by Gasteiger charge is -2.30. The van der Waals surface area contributed by atoms with Gasteiger partial charge in [-0.3, -0.25) is 4.79 Å². The number of halogens is 1. The molecule has 3 rings (SSSR count). The highest BCUT2D eigenvalue weighted by Crippen LogP contribution is 2.30. The quantitative estimate of drug-likeness (QED) is 0.942. The van der Waals surface area contributed by atoms with E-state index in [9.17, 15) is 9.18 Å². The van der Waals surface area contributed by atoms with Gasteiger partial charge in [-0.15, -0.1) is 0 Å². The number of hydrogen-bond donors (Lipinski definition) is 1. The Morgan fingerprint density at radius 2 is 1.95 bits per heavy atom. The van der Waals surface area contributed by atoms with E-state index in [1.165, 1.54) is 6.07 Å². The number of nitrogens with one attached hydrogen (secondary N) is 1. The van der Waals surface area contributed by atoms with Crippen LogP contribution in [-0.2, 0) is 11.3 Å². The number of hydrogen-bond acceptors (Lipinski definition) is 3. The van der Waals surface area contributed by atoms with Crippen molar-refractivity contribution >= 4 is 11.6 Å². The number of benzene rings is 2. The fourth-order valence-corrected chi connectivity index (χ4v) is 2.46. The summed E-state index contributed by atoms with van der Waals surface area (Å²) in [6.45, 7) is 1.63. The molecule has 1 heterocycles. The summed E-state index contributed by atoms with van der Waals surface area (Å²) in [5, 5.41) is 2.76. The van der Waals surface area contributed by atoms with Crippen LogP contribution in [0.25, 0.3) is 0 Å². The Morgan fingerprint density at radius 3 is 2.82 bits per heavy atom. The summed E-state index contributed by atoms with van der Waals surface area (Å²) < 4.78 is 19.1. The minimum absolute atomic E-state index is 0.139. The van der Waals surface area contributed by atoms with Gasteiger partial charge < -0.3 is 15.0 Å². The maximum Gasteiger partial charge on any atom is 0.239 e. The van der Waals surface area contributed by atoms with Crippen molar-refractivity contribution in [3.05, 3.63) is 59.9 Å². The average Bonchev–Trinajstić information content (AvgIpc) is 2.54. The highest BCUT2D eigenvalue weighted by Gasteiger charge is 2.19. The molecule has 0 atom stereocenters. The second kappa shape index (κ2) is 6.47. The summed E-state index contributed by atoms with van der Waals surface area (Å²) in [5.74, 6) is 0.343. The van der Waals surface area contributed by atoms with Crippen LogP contribution < -0.4 is 15.0 Å². The highest BCUT2D eigenvalue weighted by molar-refractivity contribution is 5.82. The van der Waals surface area contributed by atoms with Crippen molar-refractivity contribution in [3.8, 4) is 5.75 Å². The molecule has 0 spiro atoms. The van der Waals surface area contributed by atoms with Gasteiger partial charge in [0.05, 0.1) is 18.8 Å². The molecule has 0 fully saturated rings. The topological polar surface area (TPSA) is 41.6 Å². The van der Waals surface area contributed by atoms with Crippen LogP contribution in [0.1, 0.15) is 5.56 Å². The van der Waals surface area contributed by atoms with Crippen LogP contribution in [0, 0.1) is 5.82 Å². The molecular weight excluding hydrogens is 283 g/mol. The molecule has 0 saturated carbocycles. The van der Waals surface area contributed by atoms with E-state index < -0.39 is 0 Å². The molecule has 1 N–H and O–H groups in total. The summed E-state index contributed by atoms with van der Waals surface area (Å²) in [6.07, 6.45) is 0. The molecule has 22 heavy (non-hydrogen) atoms. The van der Waals surface area contributed by atoms with Gasteiger partial charge in [0.15, 0.2) is 0 Å². The van der Waals surface area contributed by atoms with Crippen LogP contribution >= 0.6 is 0 Å². The number of para-hydroxylation sites is 2. The van der Waals surface area contributed by atoms with Crippen LogP contribution in [0.4, 0.5) is 10.1 Å². The van der Waals surface area contributed by atoms with Crippen molar-refractivity contribution in [1.29, 1.82) is 0 Å². The zero-order valence-corrected chi connectivity index (χ0v) is 12.1. The summed E-state index contributed by atoms with van der Waals surface area (Å²) in [4.78, 5) is 14.1. The van der Waals surface area contributed by atoms with Gasteiger partial charge in [-0.05, 0) is 18.2 Å². The summed E-state index contributed by atoms with van der Waals surface area (Å²) in [7, 11) is 0. The number of carbonyl (C=O) groups excluding carboxylic acids is 1. The lowest BCUT2D eigenvalue weighted by Crippen LogP contribution is -2.41. The molecule has 5 heteroatoms. The molecule has 2 aromatic rings. The number of nitrogens with zero attached hydrogens (tertiary/aromatic N) is 1. The zero-order valence-electron chi connectivity index (χ0n) is 12.1. The van der Waals surface area contributed by atoms with E-state index in [1.54, 1.807) is 18.2 Å². The molecule has 1 amide bonds. The standard InChI is InChI=1S/C17H17FN2O2/c18-14-6-2-1-5-13(14)11-19-17(21)12-20-9-10-22-16-8-4-3-7-15(16)20/h1-8H,9-12H2,(H,19,21). The van der Waals surface area contributed by atoms with E-state index in [2.05, 4.69) is 5.32 Å². The van der Waals surface area contributed by atoms with Gasteiger partial charge in [0, 0.05) is 12.1 Å². The monoisotopic (exact) mass is 300 g/mol. The van der Waals surface area contributed by atoms with E-state index in [1.807, 2.05) is 29.2 Å². The van der Waals surface area contributed by atoms with Gasteiger partial charge in [0.1, 0.15) is 18.2 Å². The third-order valence-electron chi connectivity index (χ3n) is 3.59. The smallest absolute Gasteiger partial charge is 0.239 e. The third kappa shape index (κ3) is 3.19. The number of amides is 1. The van der Waals surface area contributed by atoms with E-state index in [4.69, 9.17) is 4.74 Å². The van der Waals surface area contributed by atoms with E-state index in [0.717, 1.165) is 11.4 Å². The maximum atomic E-state index is 13.5. The fraction of sp³-hybridized carbons (Fsp3) is 0.235. The zero-order chi connectivity index (χ0) is 15.4. The molecule has 114 valence electrons. The van der Waals surface area contributed by atoms with E-state index >= 15 is 0 Å². The van der Waals surface area contributed by atoms with Crippen LogP contribution in [0.15, 0.2) is 48.5 Å². The Hall–Kier alpha value is -2.56. The number of carbonyl (C=O) groups is 1. The Kier molecular flexibility index (Phi) is 4.23. The number of ether oxygens (including phenoxy) is 1. The predicted molar refractivity (Wildman–Crippen MR) is 82.4 cm³/mol. The molecule has 0 bridgehead atoms. The molecule has 0 unspecified atom stereocenters.